The third kappa shape index (κ3) is 3.76. The summed E-state index contributed by atoms with van der Waals surface area (Å²) < 4.78 is 16.0. The summed E-state index contributed by atoms with van der Waals surface area (Å²) in [6, 6.07) is 4.46. The molecule has 0 spiro atoms. The van der Waals surface area contributed by atoms with Gasteiger partial charge in [0.05, 0.1) is 22.6 Å². The van der Waals surface area contributed by atoms with E-state index in [0.29, 0.717) is 0 Å². The molecule has 1 amide bonds. The van der Waals surface area contributed by atoms with Crippen LogP contribution in [-0.2, 0) is 13.6 Å². The van der Waals surface area contributed by atoms with Crippen molar-refractivity contribution in [3.8, 4) is 0 Å². The van der Waals surface area contributed by atoms with Gasteiger partial charge in [-0.3, -0.25) is 9.69 Å². The Labute approximate surface area is 145 Å². The van der Waals surface area contributed by atoms with E-state index in [1.165, 1.54) is 12.1 Å². The second-order valence-corrected chi connectivity index (χ2v) is 6.55. The molecule has 7 heteroatoms. The summed E-state index contributed by atoms with van der Waals surface area (Å²) in [6.45, 7) is 2.50. The van der Waals surface area contributed by atoms with E-state index >= 15 is 0 Å². The SMILES string of the molecule is Cn1cncc1CN1CCC[C@@H](NC(=O)c2cccc(Cl)c2F)C1. The normalized spacial score (nSPS) is 18.5. The van der Waals surface area contributed by atoms with E-state index < -0.39 is 11.7 Å². The number of amides is 1. The largest absolute Gasteiger partial charge is 0.348 e. The first-order valence-corrected chi connectivity index (χ1v) is 8.35. The average Bonchev–Trinajstić information content (AvgIpc) is 2.95. The Kier molecular flexibility index (Phi) is 5.16. The van der Waals surface area contributed by atoms with Crippen LogP contribution in [0, 0.1) is 5.82 Å². The lowest BCUT2D eigenvalue weighted by atomic mass is 10.0. The molecule has 3 rings (SSSR count). The molecule has 1 saturated heterocycles. The van der Waals surface area contributed by atoms with Crippen LogP contribution in [-0.4, -0.2) is 39.5 Å². The van der Waals surface area contributed by atoms with Crippen LogP contribution in [0.5, 0.6) is 0 Å². The number of hydrogen-bond acceptors (Lipinski definition) is 3. The van der Waals surface area contributed by atoms with E-state index in [1.54, 1.807) is 12.4 Å². The number of imidazole rings is 1. The zero-order valence-corrected chi connectivity index (χ0v) is 14.3. The lowest BCUT2D eigenvalue weighted by Crippen LogP contribution is -2.47. The molecule has 2 aromatic rings. The summed E-state index contributed by atoms with van der Waals surface area (Å²) in [5.74, 6) is -1.08. The summed E-state index contributed by atoms with van der Waals surface area (Å²) in [5, 5.41) is 2.89. The summed E-state index contributed by atoms with van der Waals surface area (Å²) in [5.41, 5.74) is 1.12. The highest BCUT2D eigenvalue weighted by atomic mass is 35.5. The maximum atomic E-state index is 14.0. The Morgan fingerprint density at radius 3 is 3.08 bits per heavy atom. The van der Waals surface area contributed by atoms with Crippen molar-refractivity contribution >= 4 is 17.5 Å². The number of piperidine rings is 1. The molecule has 1 atom stereocenters. The zero-order valence-electron chi connectivity index (χ0n) is 13.5. The molecular weight excluding hydrogens is 331 g/mol. The molecule has 1 fully saturated rings. The number of likely N-dealkylation sites (tertiary alicyclic amines) is 1. The van der Waals surface area contributed by atoms with Gasteiger partial charge in [-0.05, 0) is 31.5 Å². The number of aromatic nitrogens is 2. The predicted octanol–water partition coefficient (Wildman–Crippen LogP) is 2.61. The predicted molar refractivity (Wildman–Crippen MR) is 90.4 cm³/mol. The Morgan fingerprint density at radius 1 is 1.50 bits per heavy atom. The van der Waals surface area contributed by atoms with Gasteiger partial charge in [-0.15, -0.1) is 0 Å². The average molecular weight is 351 g/mol. The van der Waals surface area contributed by atoms with Gasteiger partial charge in [0.1, 0.15) is 0 Å². The minimum Gasteiger partial charge on any atom is -0.348 e. The maximum Gasteiger partial charge on any atom is 0.254 e. The lowest BCUT2D eigenvalue weighted by Gasteiger charge is -2.33. The van der Waals surface area contributed by atoms with E-state index in [9.17, 15) is 9.18 Å². The van der Waals surface area contributed by atoms with Gasteiger partial charge in [-0.1, -0.05) is 17.7 Å². The molecule has 0 radical (unpaired) electrons. The minimum absolute atomic E-state index is 0.00198. The summed E-state index contributed by atoms with van der Waals surface area (Å²) in [6.07, 6.45) is 5.50. The number of benzene rings is 1. The van der Waals surface area contributed by atoms with Crippen LogP contribution in [0.25, 0.3) is 0 Å². The fraction of sp³-hybridized carbons (Fsp3) is 0.412. The van der Waals surface area contributed by atoms with Crippen molar-refractivity contribution in [1.29, 1.82) is 0 Å². The molecule has 24 heavy (non-hydrogen) atoms. The molecule has 0 bridgehead atoms. The third-order valence-corrected chi connectivity index (χ3v) is 4.63. The zero-order chi connectivity index (χ0) is 17.1. The quantitative estimate of drug-likeness (QED) is 0.922. The van der Waals surface area contributed by atoms with Crippen LogP contribution < -0.4 is 5.32 Å². The smallest absolute Gasteiger partial charge is 0.254 e. The second-order valence-electron chi connectivity index (χ2n) is 6.14. The Bertz CT molecular complexity index is 733. The Balaban J connectivity index is 1.62. The highest BCUT2D eigenvalue weighted by Crippen LogP contribution is 2.19. The number of nitrogens with zero attached hydrogens (tertiary/aromatic N) is 3. The fourth-order valence-corrected chi connectivity index (χ4v) is 3.20. The van der Waals surface area contributed by atoms with Gasteiger partial charge in [-0.25, -0.2) is 9.37 Å². The molecule has 1 N–H and O–H groups in total. The number of aryl methyl sites for hydroxylation is 1. The highest BCUT2D eigenvalue weighted by molar-refractivity contribution is 6.31. The molecule has 0 saturated carbocycles. The molecule has 0 aliphatic carbocycles. The molecular formula is C17H20ClFN4O. The van der Waals surface area contributed by atoms with Gasteiger partial charge in [0.25, 0.3) is 5.91 Å². The van der Waals surface area contributed by atoms with Crippen LogP contribution in [0.2, 0.25) is 5.02 Å². The number of hydrogen-bond donors (Lipinski definition) is 1. The standard InChI is InChI=1S/C17H20ClFN4O/c1-22-11-20-8-13(22)10-23-7-3-4-12(9-23)21-17(24)14-5-2-6-15(18)16(14)19/h2,5-6,8,11-12H,3-4,7,9-10H2,1H3,(H,21,24)/t12-/m1/s1. The van der Waals surface area contributed by atoms with Crippen molar-refractivity contribution in [1.82, 2.24) is 19.8 Å². The van der Waals surface area contributed by atoms with Crippen molar-refractivity contribution in [2.24, 2.45) is 7.05 Å². The van der Waals surface area contributed by atoms with Gasteiger partial charge in [-0.2, -0.15) is 0 Å². The Morgan fingerprint density at radius 2 is 2.33 bits per heavy atom. The molecule has 2 heterocycles. The first kappa shape index (κ1) is 16.9. The number of halogens is 2. The van der Waals surface area contributed by atoms with Gasteiger partial charge in [0.2, 0.25) is 0 Å². The van der Waals surface area contributed by atoms with E-state index in [4.69, 9.17) is 11.6 Å². The number of carbonyl (C=O) groups excluding carboxylic acids is 1. The van der Waals surface area contributed by atoms with Crippen molar-refractivity contribution in [3.05, 3.63) is 52.8 Å². The van der Waals surface area contributed by atoms with Crippen LogP contribution in [0.3, 0.4) is 0 Å². The van der Waals surface area contributed by atoms with Crippen molar-refractivity contribution < 1.29 is 9.18 Å². The number of nitrogens with one attached hydrogen (secondary N) is 1. The topological polar surface area (TPSA) is 50.2 Å². The summed E-state index contributed by atoms with van der Waals surface area (Å²) in [7, 11) is 1.97. The van der Waals surface area contributed by atoms with E-state index in [-0.39, 0.29) is 16.6 Å². The van der Waals surface area contributed by atoms with Crippen LogP contribution in [0.4, 0.5) is 4.39 Å². The van der Waals surface area contributed by atoms with Gasteiger partial charge in [0, 0.05) is 32.4 Å². The molecule has 0 unspecified atom stereocenters. The molecule has 1 aromatic carbocycles. The molecule has 1 aromatic heterocycles. The van der Waals surface area contributed by atoms with E-state index in [1.807, 2.05) is 17.8 Å². The molecule has 1 aliphatic rings. The maximum absolute atomic E-state index is 14.0. The van der Waals surface area contributed by atoms with Crippen molar-refractivity contribution in [3.63, 3.8) is 0 Å². The first-order valence-electron chi connectivity index (χ1n) is 7.97. The van der Waals surface area contributed by atoms with Crippen molar-refractivity contribution in [2.45, 2.75) is 25.4 Å². The monoisotopic (exact) mass is 350 g/mol. The molecule has 128 valence electrons. The van der Waals surface area contributed by atoms with Crippen molar-refractivity contribution in [2.75, 3.05) is 13.1 Å². The molecule has 5 nitrogen and oxygen atoms in total. The second kappa shape index (κ2) is 7.32. The van der Waals surface area contributed by atoms with Gasteiger partial charge in [0.15, 0.2) is 5.82 Å². The number of carbonyl (C=O) groups is 1. The Hall–Kier alpha value is -1.92. The van der Waals surface area contributed by atoms with Crippen LogP contribution >= 0.6 is 11.6 Å². The van der Waals surface area contributed by atoms with Gasteiger partial charge < -0.3 is 9.88 Å². The number of rotatable bonds is 4. The fourth-order valence-electron chi connectivity index (χ4n) is 3.03. The van der Waals surface area contributed by atoms with E-state index in [0.717, 1.165) is 38.2 Å². The van der Waals surface area contributed by atoms with E-state index in [2.05, 4.69) is 15.2 Å². The minimum atomic E-state index is -0.667. The summed E-state index contributed by atoms with van der Waals surface area (Å²) in [4.78, 5) is 18.7. The first-order chi connectivity index (χ1) is 11.5. The molecule has 1 aliphatic heterocycles. The third-order valence-electron chi connectivity index (χ3n) is 4.34. The van der Waals surface area contributed by atoms with Crippen LogP contribution in [0.1, 0.15) is 28.9 Å². The van der Waals surface area contributed by atoms with Crippen LogP contribution in [0.15, 0.2) is 30.7 Å². The van der Waals surface area contributed by atoms with Gasteiger partial charge >= 0.3 is 0 Å². The lowest BCUT2D eigenvalue weighted by molar-refractivity contribution is 0.0896. The summed E-state index contributed by atoms with van der Waals surface area (Å²) >= 11 is 5.75. The highest BCUT2D eigenvalue weighted by Gasteiger charge is 2.24.